The Kier molecular flexibility index (Phi) is 6.16. The van der Waals surface area contributed by atoms with Crippen molar-refractivity contribution in [3.8, 4) is 0 Å². The molecule has 2 nitrogen and oxygen atoms in total. The fourth-order valence-electron chi connectivity index (χ4n) is 2.94. The highest BCUT2D eigenvalue weighted by atomic mass is 32.2. The number of hydrogen-bond donors (Lipinski definition) is 1. The molecule has 1 atom stereocenters. The summed E-state index contributed by atoms with van der Waals surface area (Å²) >= 11 is 1.89. The molecule has 1 N–H and O–H groups in total. The van der Waals surface area contributed by atoms with Crippen molar-refractivity contribution in [1.29, 1.82) is 0 Å². The van der Waals surface area contributed by atoms with Crippen LogP contribution < -0.4 is 5.32 Å². The van der Waals surface area contributed by atoms with Crippen LogP contribution >= 0.6 is 11.8 Å². The maximum absolute atomic E-state index is 12.5. The molecule has 1 amide bonds. The van der Waals surface area contributed by atoms with Gasteiger partial charge in [0.2, 0.25) is 5.91 Å². The molecular weight excluding hydrogens is 278 g/mol. The standard InChI is InChI=1S/C18H27NOS/c1-4-17(21-15-8-6-5-7-9-15)18(20)19-16-11-10-13(2)12-14(16)3/h10-12,15,17H,4-9H2,1-3H3,(H,19,20). The number of anilines is 1. The minimum Gasteiger partial charge on any atom is -0.325 e. The second-order valence-electron chi connectivity index (χ2n) is 6.10. The maximum Gasteiger partial charge on any atom is 0.237 e. The van der Waals surface area contributed by atoms with Crippen LogP contribution in [0.3, 0.4) is 0 Å². The number of benzene rings is 1. The molecule has 1 aromatic rings. The molecule has 1 fully saturated rings. The first-order chi connectivity index (χ1) is 10.1. The average Bonchev–Trinajstić information content (AvgIpc) is 2.48. The van der Waals surface area contributed by atoms with Crippen LogP contribution in [0.5, 0.6) is 0 Å². The van der Waals surface area contributed by atoms with Gasteiger partial charge in [-0.05, 0) is 44.7 Å². The molecule has 21 heavy (non-hydrogen) atoms. The van der Waals surface area contributed by atoms with Crippen LogP contribution in [-0.4, -0.2) is 16.4 Å². The van der Waals surface area contributed by atoms with E-state index in [4.69, 9.17) is 0 Å². The van der Waals surface area contributed by atoms with Crippen molar-refractivity contribution in [3.63, 3.8) is 0 Å². The smallest absolute Gasteiger partial charge is 0.237 e. The fraction of sp³-hybridized carbons (Fsp3) is 0.611. The second-order valence-corrected chi connectivity index (χ2v) is 7.61. The Hall–Kier alpha value is -0.960. The van der Waals surface area contributed by atoms with Crippen LogP contribution in [0.2, 0.25) is 0 Å². The van der Waals surface area contributed by atoms with E-state index < -0.39 is 0 Å². The summed E-state index contributed by atoms with van der Waals surface area (Å²) in [4.78, 5) is 12.5. The molecule has 0 aliphatic heterocycles. The minimum absolute atomic E-state index is 0.0776. The van der Waals surface area contributed by atoms with Gasteiger partial charge >= 0.3 is 0 Å². The highest BCUT2D eigenvalue weighted by molar-refractivity contribution is 8.01. The molecule has 0 saturated heterocycles. The van der Waals surface area contributed by atoms with Crippen LogP contribution in [0.1, 0.15) is 56.6 Å². The average molecular weight is 305 g/mol. The van der Waals surface area contributed by atoms with Crippen molar-refractivity contribution < 1.29 is 4.79 Å². The third-order valence-electron chi connectivity index (χ3n) is 4.21. The molecule has 116 valence electrons. The third kappa shape index (κ3) is 4.77. The first-order valence-electron chi connectivity index (χ1n) is 8.13. The Bertz CT molecular complexity index is 480. The summed E-state index contributed by atoms with van der Waals surface area (Å²) in [5.74, 6) is 0.167. The van der Waals surface area contributed by atoms with Crippen molar-refractivity contribution in [3.05, 3.63) is 29.3 Å². The van der Waals surface area contributed by atoms with Crippen LogP contribution in [0.25, 0.3) is 0 Å². The number of carbonyl (C=O) groups excluding carboxylic acids is 1. The van der Waals surface area contributed by atoms with Crippen molar-refractivity contribution in [1.82, 2.24) is 0 Å². The molecule has 0 radical (unpaired) electrons. The van der Waals surface area contributed by atoms with E-state index in [1.807, 2.05) is 17.8 Å². The Balaban J connectivity index is 1.95. The van der Waals surface area contributed by atoms with Gasteiger partial charge in [-0.15, -0.1) is 11.8 Å². The summed E-state index contributed by atoms with van der Waals surface area (Å²) in [5.41, 5.74) is 3.32. The molecule has 0 spiro atoms. The SMILES string of the molecule is CCC(SC1CCCCC1)C(=O)Nc1ccc(C)cc1C. The van der Waals surface area contributed by atoms with Gasteiger partial charge in [-0.25, -0.2) is 0 Å². The quantitative estimate of drug-likeness (QED) is 0.821. The highest BCUT2D eigenvalue weighted by Gasteiger charge is 2.23. The van der Waals surface area contributed by atoms with E-state index in [-0.39, 0.29) is 11.2 Å². The van der Waals surface area contributed by atoms with Crippen LogP contribution in [0, 0.1) is 13.8 Å². The number of amides is 1. The van der Waals surface area contributed by atoms with Crippen LogP contribution in [-0.2, 0) is 4.79 Å². The molecule has 0 bridgehead atoms. The Labute approximate surface area is 133 Å². The third-order valence-corrected chi connectivity index (χ3v) is 5.94. The van der Waals surface area contributed by atoms with Crippen LogP contribution in [0.15, 0.2) is 18.2 Å². The summed E-state index contributed by atoms with van der Waals surface area (Å²) < 4.78 is 0. The van der Waals surface area contributed by atoms with E-state index >= 15 is 0 Å². The van der Waals surface area contributed by atoms with Gasteiger partial charge in [0.15, 0.2) is 0 Å². The number of thioether (sulfide) groups is 1. The van der Waals surface area contributed by atoms with Crippen LogP contribution in [0.4, 0.5) is 5.69 Å². The normalized spacial score (nSPS) is 17.5. The highest BCUT2D eigenvalue weighted by Crippen LogP contribution is 2.32. The molecule has 2 rings (SSSR count). The molecule has 1 aliphatic rings. The molecule has 3 heteroatoms. The number of hydrogen-bond acceptors (Lipinski definition) is 2. The zero-order chi connectivity index (χ0) is 15.2. The number of nitrogens with one attached hydrogen (secondary N) is 1. The Morgan fingerprint density at radius 2 is 2.00 bits per heavy atom. The molecule has 1 saturated carbocycles. The van der Waals surface area contributed by atoms with E-state index in [1.54, 1.807) is 0 Å². The lowest BCUT2D eigenvalue weighted by atomic mass is 10.0. The predicted octanol–water partition coefficient (Wildman–Crippen LogP) is 5.09. The van der Waals surface area contributed by atoms with E-state index in [0.29, 0.717) is 5.25 Å². The minimum atomic E-state index is 0.0776. The Morgan fingerprint density at radius 1 is 1.29 bits per heavy atom. The molecule has 1 aromatic carbocycles. The van der Waals surface area contributed by atoms with Gasteiger partial charge < -0.3 is 5.32 Å². The van der Waals surface area contributed by atoms with Crippen molar-refractivity contribution in [2.24, 2.45) is 0 Å². The Morgan fingerprint density at radius 3 is 2.62 bits per heavy atom. The monoisotopic (exact) mass is 305 g/mol. The van der Waals surface area contributed by atoms with Crippen molar-refractivity contribution in [2.75, 3.05) is 5.32 Å². The molecule has 0 heterocycles. The van der Waals surface area contributed by atoms with E-state index in [0.717, 1.165) is 17.7 Å². The lowest BCUT2D eigenvalue weighted by molar-refractivity contribution is -0.115. The van der Waals surface area contributed by atoms with Gasteiger partial charge in [0.25, 0.3) is 0 Å². The first-order valence-corrected chi connectivity index (χ1v) is 9.08. The topological polar surface area (TPSA) is 29.1 Å². The van der Waals surface area contributed by atoms with E-state index in [2.05, 4.69) is 38.2 Å². The van der Waals surface area contributed by atoms with Gasteiger partial charge in [0.1, 0.15) is 0 Å². The van der Waals surface area contributed by atoms with Crippen molar-refractivity contribution >= 4 is 23.4 Å². The zero-order valence-corrected chi connectivity index (χ0v) is 14.3. The molecule has 1 aliphatic carbocycles. The summed E-state index contributed by atoms with van der Waals surface area (Å²) in [7, 11) is 0. The van der Waals surface area contributed by atoms with E-state index in [9.17, 15) is 4.79 Å². The second kappa shape index (κ2) is 7.88. The maximum atomic E-state index is 12.5. The molecule has 1 unspecified atom stereocenters. The predicted molar refractivity (Wildman–Crippen MR) is 93.1 cm³/mol. The summed E-state index contributed by atoms with van der Waals surface area (Å²) in [6, 6.07) is 6.18. The van der Waals surface area contributed by atoms with Gasteiger partial charge in [-0.2, -0.15) is 0 Å². The molecular formula is C18H27NOS. The number of rotatable bonds is 5. The van der Waals surface area contributed by atoms with Gasteiger partial charge in [0.05, 0.1) is 5.25 Å². The number of aryl methyl sites for hydroxylation is 2. The summed E-state index contributed by atoms with van der Waals surface area (Å²) in [6.45, 7) is 6.24. The van der Waals surface area contributed by atoms with Gasteiger partial charge in [-0.3, -0.25) is 4.79 Å². The summed E-state index contributed by atoms with van der Waals surface area (Å²) in [5, 5.41) is 3.87. The first kappa shape index (κ1) is 16.4. The number of carbonyl (C=O) groups is 1. The fourth-order valence-corrected chi connectivity index (χ4v) is 4.39. The zero-order valence-electron chi connectivity index (χ0n) is 13.4. The summed E-state index contributed by atoms with van der Waals surface area (Å²) in [6.07, 6.45) is 7.47. The largest absolute Gasteiger partial charge is 0.325 e. The van der Waals surface area contributed by atoms with Crippen molar-refractivity contribution in [2.45, 2.75) is 69.8 Å². The lowest BCUT2D eigenvalue weighted by Gasteiger charge is -2.25. The molecule has 0 aromatic heterocycles. The lowest BCUT2D eigenvalue weighted by Crippen LogP contribution is -2.27. The van der Waals surface area contributed by atoms with E-state index in [1.165, 1.54) is 37.7 Å². The van der Waals surface area contributed by atoms with Gasteiger partial charge in [-0.1, -0.05) is 43.9 Å². The van der Waals surface area contributed by atoms with Gasteiger partial charge in [0, 0.05) is 10.9 Å².